The predicted molar refractivity (Wildman–Crippen MR) is 79.0 cm³/mol. The molecule has 0 unspecified atom stereocenters. The van der Waals surface area contributed by atoms with E-state index in [0.29, 0.717) is 5.76 Å². The van der Waals surface area contributed by atoms with Gasteiger partial charge in [0.2, 0.25) is 0 Å². The van der Waals surface area contributed by atoms with Crippen molar-refractivity contribution in [3.8, 4) is 0 Å². The number of hydrogen-bond acceptors (Lipinski definition) is 3. The van der Waals surface area contributed by atoms with Gasteiger partial charge in [0.15, 0.2) is 18.8 Å². The molecule has 0 bridgehead atoms. The third kappa shape index (κ3) is 13.4. The molecule has 0 saturated carbocycles. The number of rotatable bonds is 14. The van der Waals surface area contributed by atoms with Crippen molar-refractivity contribution < 1.29 is 14.3 Å². The third-order valence-electron chi connectivity index (χ3n) is 3.11. The molecule has 0 aliphatic heterocycles. The van der Waals surface area contributed by atoms with E-state index in [1.807, 2.05) is 6.08 Å². The highest BCUT2D eigenvalue weighted by atomic mass is 16.7. The van der Waals surface area contributed by atoms with E-state index in [1.54, 1.807) is 7.11 Å². The van der Waals surface area contributed by atoms with E-state index >= 15 is 0 Å². The molecule has 0 saturated heterocycles. The van der Waals surface area contributed by atoms with Gasteiger partial charge < -0.3 is 9.47 Å². The summed E-state index contributed by atoms with van der Waals surface area (Å²) >= 11 is 0. The SMILES string of the molecule is CCCCCCCCCCCC=C(C=O)OCOC. The van der Waals surface area contributed by atoms with Crippen molar-refractivity contribution in [1.29, 1.82) is 0 Å². The summed E-state index contributed by atoms with van der Waals surface area (Å²) in [5.74, 6) is 0.390. The number of allylic oxidation sites excluding steroid dienone is 2. The fourth-order valence-electron chi connectivity index (χ4n) is 1.97. The molecule has 19 heavy (non-hydrogen) atoms. The number of aldehydes is 1. The Balaban J connectivity index is 3.33. The lowest BCUT2D eigenvalue weighted by atomic mass is 10.1. The Morgan fingerprint density at radius 3 is 2.05 bits per heavy atom. The minimum absolute atomic E-state index is 0.141. The number of unbranched alkanes of at least 4 members (excludes halogenated alkanes) is 9. The fourth-order valence-corrected chi connectivity index (χ4v) is 1.97. The van der Waals surface area contributed by atoms with Gasteiger partial charge >= 0.3 is 0 Å². The normalized spacial score (nSPS) is 11.6. The van der Waals surface area contributed by atoms with Gasteiger partial charge in [-0.05, 0) is 18.9 Å². The van der Waals surface area contributed by atoms with Gasteiger partial charge in [0.05, 0.1) is 0 Å². The smallest absolute Gasteiger partial charge is 0.188 e. The van der Waals surface area contributed by atoms with Crippen LogP contribution in [0.1, 0.15) is 71.1 Å². The molecule has 0 rings (SSSR count). The quantitative estimate of drug-likeness (QED) is 0.152. The van der Waals surface area contributed by atoms with Gasteiger partial charge in [0, 0.05) is 7.11 Å². The lowest BCUT2D eigenvalue weighted by Crippen LogP contribution is -1.97. The Morgan fingerprint density at radius 1 is 0.947 bits per heavy atom. The van der Waals surface area contributed by atoms with Gasteiger partial charge in [-0.1, -0.05) is 58.3 Å². The standard InChI is InChI=1S/C16H30O3/c1-3-4-5-6-7-8-9-10-11-12-13-16(14-17)19-15-18-2/h13-14H,3-12,15H2,1-2H3. The monoisotopic (exact) mass is 270 g/mol. The molecule has 0 radical (unpaired) electrons. The van der Waals surface area contributed by atoms with E-state index in [1.165, 1.54) is 51.4 Å². The summed E-state index contributed by atoms with van der Waals surface area (Å²) in [6.45, 7) is 2.39. The molecule has 0 aromatic carbocycles. The molecule has 0 spiro atoms. The summed E-state index contributed by atoms with van der Waals surface area (Å²) in [6.07, 6.45) is 15.3. The third-order valence-corrected chi connectivity index (χ3v) is 3.11. The van der Waals surface area contributed by atoms with Crippen LogP contribution in [0.25, 0.3) is 0 Å². The first kappa shape index (κ1) is 18.2. The zero-order chi connectivity index (χ0) is 14.2. The summed E-state index contributed by atoms with van der Waals surface area (Å²) in [5, 5.41) is 0. The Bertz CT molecular complexity index is 224. The molecule has 3 nitrogen and oxygen atoms in total. The lowest BCUT2D eigenvalue weighted by molar-refractivity contribution is -0.110. The Labute approximate surface area is 118 Å². The van der Waals surface area contributed by atoms with Crippen LogP contribution < -0.4 is 0 Å². The predicted octanol–water partition coefficient (Wildman–Crippen LogP) is 4.61. The molecule has 0 aromatic rings. The Hall–Kier alpha value is -0.830. The molecule has 0 heterocycles. The van der Waals surface area contributed by atoms with Crippen molar-refractivity contribution in [2.24, 2.45) is 0 Å². The number of carbonyl (C=O) groups excluding carboxylic acids is 1. The second-order valence-corrected chi connectivity index (χ2v) is 4.89. The van der Waals surface area contributed by atoms with Crippen LogP contribution in [-0.4, -0.2) is 20.2 Å². The maximum atomic E-state index is 10.7. The van der Waals surface area contributed by atoms with Crippen LogP contribution in [0.3, 0.4) is 0 Å². The van der Waals surface area contributed by atoms with E-state index in [-0.39, 0.29) is 6.79 Å². The number of ether oxygens (including phenoxy) is 2. The molecule has 3 heteroatoms. The second kappa shape index (κ2) is 15.2. The summed E-state index contributed by atoms with van der Waals surface area (Å²) in [6, 6.07) is 0. The maximum Gasteiger partial charge on any atom is 0.188 e. The van der Waals surface area contributed by atoms with Crippen LogP contribution >= 0.6 is 0 Å². The molecular weight excluding hydrogens is 240 g/mol. The minimum Gasteiger partial charge on any atom is -0.464 e. The van der Waals surface area contributed by atoms with E-state index in [2.05, 4.69) is 6.92 Å². The lowest BCUT2D eigenvalue weighted by Gasteiger charge is -2.03. The van der Waals surface area contributed by atoms with Crippen LogP contribution in [-0.2, 0) is 14.3 Å². The van der Waals surface area contributed by atoms with Crippen LogP contribution in [0.5, 0.6) is 0 Å². The zero-order valence-electron chi connectivity index (χ0n) is 12.7. The number of hydrogen-bond donors (Lipinski definition) is 0. The van der Waals surface area contributed by atoms with Crippen molar-refractivity contribution in [1.82, 2.24) is 0 Å². The van der Waals surface area contributed by atoms with Crippen LogP contribution in [0.2, 0.25) is 0 Å². The average molecular weight is 270 g/mol. The summed E-state index contributed by atoms with van der Waals surface area (Å²) in [4.78, 5) is 10.7. The molecule has 0 amide bonds. The van der Waals surface area contributed by atoms with Crippen molar-refractivity contribution >= 4 is 6.29 Å². The molecule has 0 aliphatic carbocycles. The molecule has 0 aromatic heterocycles. The van der Waals surface area contributed by atoms with Crippen LogP contribution in [0.15, 0.2) is 11.8 Å². The molecule has 0 N–H and O–H groups in total. The van der Waals surface area contributed by atoms with E-state index < -0.39 is 0 Å². The fraction of sp³-hybridized carbons (Fsp3) is 0.812. The largest absolute Gasteiger partial charge is 0.464 e. The zero-order valence-corrected chi connectivity index (χ0v) is 12.7. The van der Waals surface area contributed by atoms with Gasteiger partial charge in [-0.15, -0.1) is 0 Å². The Kier molecular flexibility index (Phi) is 14.6. The minimum atomic E-state index is 0.141. The van der Waals surface area contributed by atoms with Gasteiger partial charge in [-0.25, -0.2) is 0 Å². The van der Waals surface area contributed by atoms with Crippen molar-refractivity contribution in [2.75, 3.05) is 13.9 Å². The highest BCUT2D eigenvalue weighted by Gasteiger charge is 1.95. The van der Waals surface area contributed by atoms with Crippen LogP contribution in [0, 0.1) is 0 Å². The summed E-state index contributed by atoms with van der Waals surface area (Å²) in [7, 11) is 1.54. The first-order valence-electron chi connectivity index (χ1n) is 7.62. The van der Waals surface area contributed by atoms with Gasteiger partial charge in [-0.2, -0.15) is 0 Å². The van der Waals surface area contributed by atoms with Crippen molar-refractivity contribution in [3.05, 3.63) is 11.8 Å². The summed E-state index contributed by atoms with van der Waals surface area (Å²) < 4.78 is 9.85. The number of carbonyl (C=O) groups is 1. The second-order valence-electron chi connectivity index (χ2n) is 4.89. The topological polar surface area (TPSA) is 35.5 Å². The Morgan fingerprint density at radius 2 is 1.53 bits per heavy atom. The highest BCUT2D eigenvalue weighted by Crippen LogP contribution is 2.11. The molecule has 0 aliphatic rings. The van der Waals surface area contributed by atoms with E-state index in [9.17, 15) is 4.79 Å². The van der Waals surface area contributed by atoms with E-state index in [4.69, 9.17) is 9.47 Å². The molecular formula is C16H30O3. The van der Waals surface area contributed by atoms with Gasteiger partial charge in [0.25, 0.3) is 0 Å². The van der Waals surface area contributed by atoms with E-state index in [0.717, 1.165) is 19.1 Å². The average Bonchev–Trinajstić information content (AvgIpc) is 2.44. The first-order chi connectivity index (χ1) is 9.35. The maximum absolute atomic E-state index is 10.7. The molecule has 112 valence electrons. The van der Waals surface area contributed by atoms with Crippen LogP contribution in [0.4, 0.5) is 0 Å². The summed E-state index contributed by atoms with van der Waals surface area (Å²) in [5.41, 5.74) is 0. The van der Waals surface area contributed by atoms with Gasteiger partial charge in [0.1, 0.15) is 0 Å². The first-order valence-corrected chi connectivity index (χ1v) is 7.62. The highest BCUT2D eigenvalue weighted by molar-refractivity contribution is 5.69. The molecule has 0 fully saturated rings. The van der Waals surface area contributed by atoms with Crippen molar-refractivity contribution in [2.45, 2.75) is 71.1 Å². The molecule has 0 atom stereocenters. The number of methoxy groups -OCH3 is 1. The van der Waals surface area contributed by atoms with Crippen molar-refractivity contribution in [3.63, 3.8) is 0 Å². The van der Waals surface area contributed by atoms with Gasteiger partial charge in [-0.3, -0.25) is 4.79 Å².